The maximum absolute atomic E-state index is 6.04. The van der Waals surface area contributed by atoms with E-state index < -0.39 is 0 Å². The molecule has 1 saturated carbocycles. The van der Waals surface area contributed by atoms with Gasteiger partial charge in [-0.05, 0) is 48.2 Å². The van der Waals surface area contributed by atoms with E-state index in [4.69, 9.17) is 11.6 Å². The smallest absolute Gasteiger partial charge is 0.0406 e. The summed E-state index contributed by atoms with van der Waals surface area (Å²) in [4.78, 5) is 5.33. The van der Waals surface area contributed by atoms with Gasteiger partial charge >= 0.3 is 0 Å². The number of hydrogen-bond acceptors (Lipinski definition) is 3. The molecule has 1 N–H and O–H groups in total. The minimum Gasteiger partial charge on any atom is -0.314 e. The van der Waals surface area contributed by atoms with Gasteiger partial charge in [0.2, 0.25) is 0 Å². The van der Waals surface area contributed by atoms with Crippen molar-refractivity contribution in [2.24, 2.45) is 5.92 Å². The molecule has 4 rings (SSSR count). The standard InChI is InChI=1S/C21H25ClN2S.2ClH/c22-17-7-9-18(10-8-17)25-21-4-2-1-3-19(21)20(15-16-5-6-16)24-13-11-23-12-14-24;;/h1-4,7-10,16,20,23H,5-6,11-15H2;2*1H/t20-;;/m0../s1. The van der Waals surface area contributed by atoms with Crippen molar-refractivity contribution in [3.05, 3.63) is 59.1 Å². The lowest BCUT2D eigenvalue weighted by Crippen LogP contribution is -2.45. The largest absolute Gasteiger partial charge is 0.314 e. The van der Waals surface area contributed by atoms with Crippen molar-refractivity contribution in [3.8, 4) is 0 Å². The summed E-state index contributed by atoms with van der Waals surface area (Å²) in [6.45, 7) is 4.51. The number of benzene rings is 2. The van der Waals surface area contributed by atoms with Crippen LogP contribution in [0.4, 0.5) is 0 Å². The lowest BCUT2D eigenvalue weighted by Gasteiger charge is -2.36. The van der Waals surface area contributed by atoms with Crippen LogP contribution in [0.25, 0.3) is 0 Å². The van der Waals surface area contributed by atoms with E-state index >= 15 is 0 Å². The first-order valence-corrected chi connectivity index (χ1v) is 10.5. The van der Waals surface area contributed by atoms with Crippen LogP contribution in [0.1, 0.15) is 30.9 Å². The van der Waals surface area contributed by atoms with Gasteiger partial charge in [-0.2, -0.15) is 0 Å². The van der Waals surface area contributed by atoms with E-state index in [0.29, 0.717) is 6.04 Å². The van der Waals surface area contributed by atoms with E-state index in [0.717, 1.165) is 37.1 Å². The highest BCUT2D eigenvalue weighted by Crippen LogP contribution is 2.43. The summed E-state index contributed by atoms with van der Waals surface area (Å²) in [7, 11) is 0. The van der Waals surface area contributed by atoms with Crippen LogP contribution in [0.2, 0.25) is 5.02 Å². The molecule has 0 amide bonds. The predicted molar refractivity (Wildman–Crippen MR) is 121 cm³/mol. The fourth-order valence-corrected chi connectivity index (χ4v) is 4.73. The Labute approximate surface area is 184 Å². The van der Waals surface area contributed by atoms with E-state index in [-0.39, 0.29) is 24.8 Å². The van der Waals surface area contributed by atoms with Crippen molar-refractivity contribution in [1.29, 1.82) is 0 Å². The summed E-state index contributed by atoms with van der Waals surface area (Å²) in [6.07, 6.45) is 4.13. The Morgan fingerprint density at radius 3 is 2.33 bits per heavy atom. The van der Waals surface area contributed by atoms with Gasteiger partial charge < -0.3 is 5.32 Å². The summed E-state index contributed by atoms with van der Waals surface area (Å²) >= 11 is 7.90. The van der Waals surface area contributed by atoms with Gasteiger partial charge in [-0.3, -0.25) is 4.90 Å². The third-order valence-corrected chi connectivity index (χ3v) is 6.52. The van der Waals surface area contributed by atoms with Crippen molar-refractivity contribution < 1.29 is 0 Å². The van der Waals surface area contributed by atoms with Crippen molar-refractivity contribution in [2.75, 3.05) is 26.2 Å². The summed E-state index contributed by atoms with van der Waals surface area (Å²) in [5.74, 6) is 0.925. The molecule has 1 aliphatic carbocycles. The van der Waals surface area contributed by atoms with Crippen LogP contribution in [0.5, 0.6) is 0 Å². The van der Waals surface area contributed by atoms with Crippen LogP contribution in [-0.2, 0) is 0 Å². The Bertz CT molecular complexity index is 701. The van der Waals surface area contributed by atoms with E-state index in [9.17, 15) is 0 Å². The van der Waals surface area contributed by atoms with Crippen molar-refractivity contribution in [2.45, 2.75) is 35.1 Å². The van der Waals surface area contributed by atoms with E-state index in [1.165, 1.54) is 34.6 Å². The van der Waals surface area contributed by atoms with E-state index in [1.807, 2.05) is 23.9 Å². The number of hydrogen-bond donors (Lipinski definition) is 1. The third kappa shape index (κ3) is 6.28. The Kier molecular flexibility index (Phi) is 9.27. The van der Waals surface area contributed by atoms with Crippen LogP contribution in [0.3, 0.4) is 0 Å². The van der Waals surface area contributed by atoms with Gasteiger partial charge in [0, 0.05) is 47.0 Å². The topological polar surface area (TPSA) is 15.3 Å². The van der Waals surface area contributed by atoms with Crippen molar-refractivity contribution >= 4 is 48.2 Å². The minimum atomic E-state index is 0. The molecule has 1 aliphatic heterocycles. The van der Waals surface area contributed by atoms with Crippen LogP contribution >= 0.6 is 48.2 Å². The summed E-state index contributed by atoms with van der Waals surface area (Å²) in [6, 6.07) is 17.7. The molecule has 2 aromatic carbocycles. The Morgan fingerprint density at radius 2 is 1.67 bits per heavy atom. The fourth-order valence-electron chi connectivity index (χ4n) is 3.61. The molecule has 2 nitrogen and oxygen atoms in total. The predicted octanol–water partition coefficient (Wildman–Crippen LogP) is 6.08. The van der Waals surface area contributed by atoms with Gasteiger partial charge in [0.05, 0.1) is 0 Å². The number of halogens is 3. The van der Waals surface area contributed by atoms with Gasteiger partial charge in [0.15, 0.2) is 0 Å². The molecule has 1 atom stereocenters. The third-order valence-electron chi connectivity index (χ3n) is 5.17. The molecule has 0 radical (unpaired) electrons. The highest BCUT2D eigenvalue weighted by molar-refractivity contribution is 7.99. The molecule has 0 bridgehead atoms. The molecule has 1 heterocycles. The number of nitrogens with one attached hydrogen (secondary N) is 1. The highest BCUT2D eigenvalue weighted by Gasteiger charge is 2.31. The van der Waals surface area contributed by atoms with Crippen LogP contribution in [0.15, 0.2) is 58.3 Å². The zero-order valence-electron chi connectivity index (χ0n) is 15.3. The maximum Gasteiger partial charge on any atom is 0.0406 e. The van der Waals surface area contributed by atoms with E-state index in [2.05, 4.69) is 46.6 Å². The van der Waals surface area contributed by atoms with E-state index in [1.54, 1.807) is 0 Å². The molecular weight excluding hydrogens is 419 g/mol. The van der Waals surface area contributed by atoms with Crippen molar-refractivity contribution in [3.63, 3.8) is 0 Å². The van der Waals surface area contributed by atoms with Gasteiger partial charge in [0.1, 0.15) is 0 Å². The van der Waals surface area contributed by atoms with Gasteiger partial charge in [-0.15, -0.1) is 24.8 Å². The second-order valence-corrected chi connectivity index (χ2v) is 8.63. The average Bonchev–Trinajstić information content (AvgIpc) is 3.47. The van der Waals surface area contributed by atoms with Crippen molar-refractivity contribution in [1.82, 2.24) is 10.2 Å². The second kappa shape index (κ2) is 10.9. The molecule has 0 spiro atoms. The molecule has 2 fully saturated rings. The lowest BCUT2D eigenvalue weighted by molar-refractivity contribution is 0.158. The summed E-state index contributed by atoms with van der Waals surface area (Å²) in [5, 5.41) is 4.29. The quantitative estimate of drug-likeness (QED) is 0.580. The van der Waals surface area contributed by atoms with Crippen LogP contribution in [-0.4, -0.2) is 31.1 Å². The molecule has 2 aromatic rings. The SMILES string of the molecule is Cl.Cl.Clc1ccc(Sc2ccccc2[C@H](CC2CC2)N2CCNCC2)cc1. The molecule has 0 aromatic heterocycles. The Hall–Kier alpha value is -0.420. The molecule has 6 heteroatoms. The summed E-state index contributed by atoms with van der Waals surface area (Å²) < 4.78 is 0. The molecule has 0 unspecified atom stereocenters. The fraction of sp³-hybridized carbons (Fsp3) is 0.429. The molecule has 27 heavy (non-hydrogen) atoms. The number of piperazine rings is 1. The average molecular weight is 446 g/mol. The normalized spacial score (nSPS) is 18.3. The Balaban J connectivity index is 0.00000131. The zero-order chi connectivity index (χ0) is 17.1. The van der Waals surface area contributed by atoms with Crippen LogP contribution in [0, 0.1) is 5.92 Å². The first-order chi connectivity index (χ1) is 12.3. The number of nitrogens with zero attached hydrogens (tertiary/aromatic N) is 1. The molecular formula is C21H27Cl3N2S. The number of rotatable bonds is 6. The minimum absolute atomic E-state index is 0. The first kappa shape index (κ1) is 22.9. The summed E-state index contributed by atoms with van der Waals surface area (Å²) in [5.41, 5.74) is 1.50. The van der Waals surface area contributed by atoms with Gasteiger partial charge in [0.25, 0.3) is 0 Å². The maximum atomic E-state index is 6.04. The molecule has 2 aliphatic rings. The molecule has 148 valence electrons. The lowest BCUT2D eigenvalue weighted by atomic mass is 9.98. The molecule has 1 saturated heterocycles. The first-order valence-electron chi connectivity index (χ1n) is 9.27. The van der Waals surface area contributed by atoms with Crippen LogP contribution < -0.4 is 5.32 Å². The zero-order valence-corrected chi connectivity index (χ0v) is 18.5. The highest BCUT2D eigenvalue weighted by atomic mass is 35.5. The second-order valence-electron chi connectivity index (χ2n) is 7.07. The van der Waals surface area contributed by atoms with Gasteiger partial charge in [-0.25, -0.2) is 0 Å². The Morgan fingerprint density at radius 1 is 1.00 bits per heavy atom. The monoisotopic (exact) mass is 444 g/mol. The van der Waals surface area contributed by atoms with Gasteiger partial charge in [-0.1, -0.05) is 54.4 Å².